The summed E-state index contributed by atoms with van der Waals surface area (Å²) < 4.78 is 11.0. The van der Waals surface area contributed by atoms with Gasteiger partial charge in [0, 0.05) is 32.8 Å². The molecule has 0 aromatic heterocycles. The Labute approximate surface area is 132 Å². The van der Waals surface area contributed by atoms with Gasteiger partial charge in [0.2, 0.25) is 0 Å². The maximum absolute atomic E-state index is 12.5. The van der Waals surface area contributed by atoms with E-state index in [0.717, 1.165) is 25.7 Å². The minimum absolute atomic E-state index is 0.0748. The first kappa shape index (κ1) is 17.1. The molecule has 2 heterocycles. The van der Waals surface area contributed by atoms with E-state index in [2.05, 4.69) is 0 Å². The molecular weight excluding hydrogens is 284 g/mol. The number of hydrogen-bond acceptors (Lipinski definition) is 4. The topological polar surface area (TPSA) is 59.1 Å². The van der Waals surface area contributed by atoms with Crippen LogP contribution < -0.4 is 0 Å². The second kappa shape index (κ2) is 7.31. The summed E-state index contributed by atoms with van der Waals surface area (Å²) in [5, 5.41) is 0. The Morgan fingerprint density at radius 2 is 1.68 bits per heavy atom. The molecule has 0 aromatic carbocycles. The number of carbonyl (C=O) groups excluding carboxylic acids is 2. The summed E-state index contributed by atoms with van der Waals surface area (Å²) in [6, 6.07) is 0. The lowest BCUT2D eigenvalue weighted by molar-refractivity contribution is -0.146. The van der Waals surface area contributed by atoms with Gasteiger partial charge in [-0.3, -0.25) is 4.79 Å². The van der Waals surface area contributed by atoms with Gasteiger partial charge < -0.3 is 19.3 Å². The number of rotatable bonds is 1. The van der Waals surface area contributed by atoms with Crippen LogP contribution in [-0.4, -0.2) is 66.3 Å². The maximum Gasteiger partial charge on any atom is 0.410 e. The Kier molecular flexibility index (Phi) is 5.67. The van der Waals surface area contributed by atoms with Gasteiger partial charge in [0.1, 0.15) is 11.7 Å². The molecule has 2 fully saturated rings. The van der Waals surface area contributed by atoms with Crippen molar-refractivity contribution in [2.75, 3.05) is 32.8 Å². The lowest BCUT2D eigenvalue weighted by Gasteiger charge is -2.29. The lowest BCUT2D eigenvalue weighted by atomic mass is 10.1. The zero-order valence-corrected chi connectivity index (χ0v) is 14.0. The van der Waals surface area contributed by atoms with Crippen molar-refractivity contribution in [3.63, 3.8) is 0 Å². The van der Waals surface area contributed by atoms with Crippen molar-refractivity contribution < 1.29 is 19.1 Å². The van der Waals surface area contributed by atoms with Crippen molar-refractivity contribution in [3.05, 3.63) is 0 Å². The molecule has 2 aliphatic rings. The van der Waals surface area contributed by atoms with Crippen LogP contribution in [0, 0.1) is 0 Å². The molecular formula is C16H28N2O4. The lowest BCUT2D eigenvalue weighted by Crippen LogP contribution is -2.44. The van der Waals surface area contributed by atoms with E-state index in [1.807, 2.05) is 25.7 Å². The largest absolute Gasteiger partial charge is 0.444 e. The third-order valence-electron chi connectivity index (χ3n) is 3.91. The fourth-order valence-corrected chi connectivity index (χ4v) is 2.79. The zero-order chi connectivity index (χ0) is 16.2. The molecule has 0 saturated carbocycles. The van der Waals surface area contributed by atoms with Crippen molar-refractivity contribution in [1.82, 2.24) is 9.80 Å². The van der Waals surface area contributed by atoms with E-state index in [-0.39, 0.29) is 18.1 Å². The highest BCUT2D eigenvalue weighted by Crippen LogP contribution is 2.17. The highest BCUT2D eigenvalue weighted by atomic mass is 16.6. The van der Waals surface area contributed by atoms with E-state index in [1.54, 1.807) is 4.90 Å². The van der Waals surface area contributed by atoms with Crippen LogP contribution in [-0.2, 0) is 14.3 Å². The Hall–Kier alpha value is -1.30. The van der Waals surface area contributed by atoms with Gasteiger partial charge in [0.25, 0.3) is 5.91 Å². The van der Waals surface area contributed by atoms with E-state index in [1.165, 1.54) is 0 Å². The summed E-state index contributed by atoms with van der Waals surface area (Å²) in [6.07, 6.45) is 3.09. The van der Waals surface area contributed by atoms with Crippen LogP contribution in [0.15, 0.2) is 0 Å². The number of hydrogen-bond donors (Lipinski definition) is 0. The Morgan fingerprint density at radius 1 is 1.00 bits per heavy atom. The van der Waals surface area contributed by atoms with Gasteiger partial charge in [-0.2, -0.15) is 0 Å². The molecule has 6 heteroatoms. The van der Waals surface area contributed by atoms with Crippen LogP contribution in [0.5, 0.6) is 0 Å². The van der Waals surface area contributed by atoms with Crippen LogP contribution in [0.25, 0.3) is 0 Å². The summed E-state index contributed by atoms with van der Waals surface area (Å²) in [7, 11) is 0. The summed E-state index contributed by atoms with van der Waals surface area (Å²) in [6.45, 7) is 8.64. The molecule has 126 valence electrons. The van der Waals surface area contributed by atoms with E-state index in [4.69, 9.17) is 9.47 Å². The number of nitrogens with zero attached hydrogens (tertiary/aromatic N) is 2. The van der Waals surface area contributed by atoms with Crippen LogP contribution in [0.2, 0.25) is 0 Å². The van der Waals surface area contributed by atoms with Crippen molar-refractivity contribution in [3.8, 4) is 0 Å². The highest BCUT2D eigenvalue weighted by molar-refractivity contribution is 5.81. The van der Waals surface area contributed by atoms with Gasteiger partial charge in [-0.05, 0) is 46.5 Å². The number of carbonyl (C=O) groups is 2. The second-order valence-electron chi connectivity index (χ2n) is 7.00. The van der Waals surface area contributed by atoms with Gasteiger partial charge in [-0.15, -0.1) is 0 Å². The van der Waals surface area contributed by atoms with Gasteiger partial charge in [0.15, 0.2) is 0 Å². The average molecular weight is 312 g/mol. The first-order valence-electron chi connectivity index (χ1n) is 8.25. The third kappa shape index (κ3) is 4.87. The zero-order valence-electron chi connectivity index (χ0n) is 14.0. The molecule has 2 aliphatic heterocycles. The molecule has 2 rings (SSSR count). The molecule has 6 nitrogen and oxygen atoms in total. The summed E-state index contributed by atoms with van der Waals surface area (Å²) in [5.74, 6) is 0.0748. The molecule has 0 N–H and O–H groups in total. The fraction of sp³-hybridized carbons (Fsp3) is 0.875. The molecule has 0 bridgehead atoms. The van der Waals surface area contributed by atoms with E-state index >= 15 is 0 Å². The first-order chi connectivity index (χ1) is 10.4. The Balaban J connectivity index is 1.86. The van der Waals surface area contributed by atoms with Crippen LogP contribution in [0.4, 0.5) is 4.79 Å². The van der Waals surface area contributed by atoms with Gasteiger partial charge >= 0.3 is 6.09 Å². The maximum atomic E-state index is 12.5. The quantitative estimate of drug-likeness (QED) is 0.743. The predicted molar refractivity (Wildman–Crippen MR) is 82.6 cm³/mol. The molecule has 0 radical (unpaired) electrons. The monoisotopic (exact) mass is 312 g/mol. The summed E-state index contributed by atoms with van der Waals surface area (Å²) >= 11 is 0. The van der Waals surface area contributed by atoms with Crippen molar-refractivity contribution in [2.45, 2.75) is 58.2 Å². The molecule has 0 aromatic rings. The van der Waals surface area contributed by atoms with Gasteiger partial charge in [-0.1, -0.05) is 0 Å². The highest BCUT2D eigenvalue weighted by Gasteiger charge is 2.30. The molecule has 0 spiro atoms. The molecule has 0 aliphatic carbocycles. The molecule has 0 unspecified atom stereocenters. The smallest absolute Gasteiger partial charge is 0.410 e. The van der Waals surface area contributed by atoms with E-state index in [0.29, 0.717) is 32.8 Å². The number of amides is 2. The van der Waals surface area contributed by atoms with Crippen LogP contribution in [0.3, 0.4) is 0 Å². The minimum atomic E-state index is -0.491. The van der Waals surface area contributed by atoms with Gasteiger partial charge in [0.05, 0.1) is 0 Å². The van der Waals surface area contributed by atoms with E-state index in [9.17, 15) is 9.59 Å². The van der Waals surface area contributed by atoms with E-state index < -0.39 is 5.60 Å². The summed E-state index contributed by atoms with van der Waals surface area (Å²) in [4.78, 5) is 28.1. The van der Waals surface area contributed by atoms with Crippen molar-refractivity contribution in [1.29, 1.82) is 0 Å². The molecule has 2 amide bonds. The Morgan fingerprint density at radius 3 is 2.32 bits per heavy atom. The van der Waals surface area contributed by atoms with Crippen LogP contribution >= 0.6 is 0 Å². The molecule has 2 saturated heterocycles. The van der Waals surface area contributed by atoms with Crippen molar-refractivity contribution >= 4 is 12.0 Å². The summed E-state index contributed by atoms with van der Waals surface area (Å²) in [5.41, 5.74) is -0.491. The average Bonchev–Trinajstić information content (AvgIpc) is 2.71. The second-order valence-corrected chi connectivity index (χ2v) is 7.00. The SMILES string of the molecule is CC(C)(C)OC(=O)N1CCCN(C(=O)[C@H]2CCCCO2)CC1. The predicted octanol–water partition coefficient (Wildman–Crippen LogP) is 2.02. The normalized spacial score (nSPS) is 23.9. The molecule has 1 atom stereocenters. The van der Waals surface area contributed by atoms with Gasteiger partial charge in [-0.25, -0.2) is 4.79 Å². The minimum Gasteiger partial charge on any atom is -0.444 e. The first-order valence-corrected chi connectivity index (χ1v) is 8.25. The van der Waals surface area contributed by atoms with Crippen molar-refractivity contribution in [2.24, 2.45) is 0 Å². The third-order valence-corrected chi connectivity index (χ3v) is 3.91. The fourth-order valence-electron chi connectivity index (χ4n) is 2.79. The number of ether oxygens (including phenoxy) is 2. The Bertz CT molecular complexity index is 399. The standard InChI is InChI=1S/C16H28N2O4/c1-16(2,3)22-15(20)18-9-6-8-17(10-11-18)14(19)13-7-4-5-12-21-13/h13H,4-12H2,1-3H3/t13-/m1/s1. The molecule has 22 heavy (non-hydrogen) atoms. The van der Waals surface area contributed by atoms with Crippen LogP contribution in [0.1, 0.15) is 46.5 Å².